The van der Waals surface area contributed by atoms with Gasteiger partial charge in [0.15, 0.2) is 0 Å². The van der Waals surface area contributed by atoms with Crippen LogP contribution < -0.4 is 0 Å². The summed E-state index contributed by atoms with van der Waals surface area (Å²) >= 11 is 5.87. The number of carbonyl (C=O) groups is 1. The Kier molecular flexibility index (Phi) is 3.99. The summed E-state index contributed by atoms with van der Waals surface area (Å²) in [6.45, 7) is 3.41. The van der Waals surface area contributed by atoms with Crippen molar-refractivity contribution in [2.75, 3.05) is 19.7 Å². The Morgan fingerprint density at radius 1 is 1.47 bits per heavy atom. The number of amides is 1. The summed E-state index contributed by atoms with van der Waals surface area (Å²) in [7, 11) is 0. The average Bonchev–Trinajstić information content (AvgIpc) is 2.67. The molecular weight excluding hydrogens is 238 g/mol. The molecule has 98 valence electrons. The monoisotopic (exact) mass is 259 g/mol. The molecular formula is C13H22ClNO2. The number of aliphatic hydroxyl groups excluding tert-OH is 1. The van der Waals surface area contributed by atoms with Crippen molar-refractivity contribution in [2.24, 2.45) is 11.3 Å². The van der Waals surface area contributed by atoms with Gasteiger partial charge in [0.1, 0.15) is 5.38 Å². The maximum Gasteiger partial charge on any atom is 0.240 e. The van der Waals surface area contributed by atoms with Crippen molar-refractivity contribution in [1.29, 1.82) is 0 Å². The number of hydrogen-bond donors (Lipinski definition) is 1. The van der Waals surface area contributed by atoms with E-state index in [1.807, 2.05) is 4.90 Å². The smallest absolute Gasteiger partial charge is 0.240 e. The summed E-state index contributed by atoms with van der Waals surface area (Å²) in [5, 5.41) is 9.10. The fraction of sp³-hybridized carbons (Fsp3) is 0.923. The molecule has 2 fully saturated rings. The minimum Gasteiger partial charge on any atom is -0.396 e. The molecule has 2 rings (SSSR count). The third-order valence-electron chi connectivity index (χ3n) is 4.53. The SMILES string of the molecule is C[C@@H](Cl)C(=O)N1C[C@H](CO)C2(CCCCC2)C1. The number of rotatable bonds is 2. The molecule has 0 aromatic rings. The lowest BCUT2D eigenvalue weighted by molar-refractivity contribution is -0.130. The predicted molar refractivity (Wildman–Crippen MR) is 68.0 cm³/mol. The van der Waals surface area contributed by atoms with E-state index < -0.39 is 5.38 Å². The lowest BCUT2D eigenvalue weighted by Gasteiger charge is -2.37. The van der Waals surface area contributed by atoms with E-state index in [9.17, 15) is 9.90 Å². The Hall–Kier alpha value is -0.280. The van der Waals surface area contributed by atoms with Gasteiger partial charge >= 0.3 is 0 Å². The van der Waals surface area contributed by atoms with E-state index in [0.717, 1.165) is 19.4 Å². The minimum atomic E-state index is -0.451. The van der Waals surface area contributed by atoms with Gasteiger partial charge in [-0.1, -0.05) is 19.3 Å². The van der Waals surface area contributed by atoms with Gasteiger partial charge in [-0.2, -0.15) is 0 Å². The fourth-order valence-corrected chi connectivity index (χ4v) is 3.66. The van der Waals surface area contributed by atoms with E-state index in [-0.39, 0.29) is 23.8 Å². The summed E-state index contributed by atoms with van der Waals surface area (Å²) in [6.07, 6.45) is 6.06. The molecule has 1 aliphatic heterocycles. The summed E-state index contributed by atoms with van der Waals surface area (Å²) in [4.78, 5) is 13.8. The third-order valence-corrected chi connectivity index (χ3v) is 4.72. The number of aliphatic hydroxyl groups is 1. The molecule has 0 aromatic carbocycles. The number of likely N-dealkylation sites (tertiary alicyclic amines) is 1. The second kappa shape index (κ2) is 5.15. The molecule has 17 heavy (non-hydrogen) atoms. The molecule has 1 spiro atoms. The number of halogens is 1. The molecule has 2 atom stereocenters. The molecule has 1 saturated carbocycles. The van der Waals surface area contributed by atoms with Crippen LogP contribution in [0.3, 0.4) is 0 Å². The van der Waals surface area contributed by atoms with Crippen LogP contribution in [-0.4, -0.2) is 41.0 Å². The number of alkyl halides is 1. The lowest BCUT2D eigenvalue weighted by Crippen LogP contribution is -2.37. The topological polar surface area (TPSA) is 40.5 Å². The zero-order valence-corrected chi connectivity index (χ0v) is 11.2. The van der Waals surface area contributed by atoms with Crippen molar-refractivity contribution in [3.63, 3.8) is 0 Å². The Bertz CT molecular complexity index is 287. The van der Waals surface area contributed by atoms with Gasteiger partial charge in [-0.3, -0.25) is 4.79 Å². The number of nitrogens with zero attached hydrogens (tertiary/aromatic N) is 1. The van der Waals surface area contributed by atoms with E-state index >= 15 is 0 Å². The molecule has 1 saturated heterocycles. The van der Waals surface area contributed by atoms with Gasteiger partial charge in [0.05, 0.1) is 0 Å². The van der Waals surface area contributed by atoms with E-state index in [1.165, 1.54) is 19.3 Å². The summed E-state index contributed by atoms with van der Waals surface area (Å²) in [6, 6.07) is 0. The van der Waals surface area contributed by atoms with E-state index in [1.54, 1.807) is 6.92 Å². The second-order valence-electron chi connectivity index (χ2n) is 5.64. The Labute approximate surface area is 108 Å². The van der Waals surface area contributed by atoms with Gasteiger partial charge in [-0.25, -0.2) is 0 Å². The van der Waals surface area contributed by atoms with Gasteiger partial charge in [-0.15, -0.1) is 11.6 Å². The maximum atomic E-state index is 11.9. The number of hydrogen-bond acceptors (Lipinski definition) is 2. The first-order valence-corrected chi connectivity index (χ1v) is 7.06. The highest BCUT2D eigenvalue weighted by atomic mass is 35.5. The van der Waals surface area contributed by atoms with E-state index in [4.69, 9.17) is 11.6 Å². The van der Waals surface area contributed by atoms with Crippen molar-refractivity contribution in [1.82, 2.24) is 4.90 Å². The fourth-order valence-electron chi connectivity index (χ4n) is 3.53. The highest BCUT2D eigenvalue weighted by Crippen LogP contribution is 2.47. The van der Waals surface area contributed by atoms with Crippen LogP contribution in [0.4, 0.5) is 0 Å². The van der Waals surface area contributed by atoms with Gasteiger partial charge in [0, 0.05) is 25.6 Å². The van der Waals surface area contributed by atoms with Gasteiger partial charge in [0.25, 0.3) is 0 Å². The quantitative estimate of drug-likeness (QED) is 0.771. The highest BCUT2D eigenvalue weighted by Gasteiger charge is 2.47. The largest absolute Gasteiger partial charge is 0.396 e. The van der Waals surface area contributed by atoms with Gasteiger partial charge < -0.3 is 10.0 Å². The summed E-state index contributed by atoms with van der Waals surface area (Å²) < 4.78 is 0. The average molecular weight is 260 g/mol. The minimum absolute atomic E-state index is 0.0209. The normalized spacial score (nSPS) is 29.6. The van der Waals surface area contributed by atoms with Crippen molar-refractivity contribution in [3.05, 3.63) is 0 Å². The molecule has 0 unspecified atom stereocenters. The molecule has 2 aliphatic rings. The molecule has 0 bridgehead atoms. The van der Waals surface area contributed by atoms with Gasteiger partial charge in [0.2, 0.25) is 5.91 Å². The highest BCUT2D eigenvalue weighted by molar-refractivity contribution is 6.30. The third kappa shape index (κ3) is 2.45. The Morgan fingerprint density at radius 3 is 2.65 bits per heavy atom. The van der Waals surface area contributed by atoms with E-state index in [2.05, 4.69) is 0 Å². The summed E-state index contributed by atoms with van der Waals surface area (Å²) in [5.41, 5.74) is 0.175. The molecule has 1 amide bonds. The van der Waals surface area contributed by atoms with Crippen LogP contribution >= 0.6 is 11.6 Å². The standard InChI is InChI=1S/C13H22ClNO2/c1-10(14)12(17)15-7-11(8-16)13(9-15)5-3-2-4-6-13/h10-11,16H,2-9H2,1H3/t10-,11-/m1/s1. The van der Waals surface area contributed by atoms with Crippen LogP contribution in [0.1, 0.15) is 39.0 Å². The van der Waals surface area contributed by atoms with Crippen LogP contribution in [0.5, 0.6) is 0 Å². The molecule has 3 nitrogen and oxygen atoms in total. The molecule has 1 aliphatic carbocycles. The first-order valence-electron chi connectivity index (χ1n) is 6.63. The van der Waals surface area contributed by atoms with Crippen LogP contribution in [-0.2, 0) is 4.79 Å². The molecule has 0 radical (unpaired) electrons. The van der Waals surface area contributed by atoms with Crippen LogP contribution in [0, 0.1) is 11.3 Å². The number of carbonyl (C=O) groups excluding carboxylic acids is 1. The molecule has 1 N–H and O–H groups in total. The zero-order chi connectivity index (χ0) is 12.5. The molecule has 0 aromatic heterocycles. The van der Waals surface area contributed by atoms with E-state index in [0.29, 0.717) is 6.54 Å². The second-order valence-corrected chi connectivity index (χ2v) is 6.29. The first-order chi connectivity index (χ1) is 8.09. The van der Waals surface area contributed by atoms with Crippen molar-refractivity contribution in [3.8, 4) is 0 Å². The molecule has 4 heteroatoms. The lowest BCUT2D eigenvalue weighted by atomic mass is 9.68. The maximum absolute atomic E-state index is 11.9. The van der Waals surface area contributed by atoms with Crippen LogP contribution in [0.25, 0.3) is 0 Å². The van der Waals surface area contributed by atoms with Crippen molar-refractivity contribution < 1.29 is 9.90 Å². The Balaban J connectivity index is 2.10. The van der Waals surface area contributed by atoms with Crippen LogP contribution in [0.15, 0.2) is 0 Å². The van der Waals surface area contributed by atoms with Crippen molar-refractivity contribution >= 4 is 17.5 Å². The van der Waals surface area contributed by atoms with Crippen LogP contribution in [0.2, 0.25) is 0 Å². The summed E-state index contributed by atoms with van der Waals surface area (Å²) in [5.74, 6) is 0.273. The van der Waals surface area contributed by atoms with Gasteiger partial charge in [-0.05, 0) is 25.2 Å². The molecule has 1 heterocycles. The predicted octanol–water partition coefficient (Wildman–Crippen LogP) is 2.01. The first kappa shape index (κ1) is 13.2. The van der Waals surface area contributed by atoms with Crippen molar-refractivity contribution in [2.45, 2.75) is 44.4 Å². The zero-order valence-electron chi connectivity index (χ0n) is 10.5. The Morgan fingerprint density at radius 2 is 2.12 bits per heavy atom.